The van der Waals surface area contributed by atoms with E-state index in [4.69, 9.17) is 11.5 Å². The van der Waals surface area contributed by atoms with Gasteiger partial charge in [0.1, 0.15) is 0 Å². The van der Waals surface area contributed by atoms with Gasteiger partial charge in [-0.3, -0.25) is 9.59 Å². The van der Waals surface area contributed by atoms with Gasteiger partial charge in [-0.05, 0) is 32.1 Å². The molecule has 5 heteroatoms. The molecule has 0 bridgehead atoms. The molecule has 0 aromatic rings. The normalized spacial score (nSPS) is 28.5. The van der Waals surface area contributed by atoms with Crippen molar-refractivity contribution < 1.29 is 9.59 Å². The van der Waals surface area contributed by atoms with Gasteiger partial charge < -0.3 is 16.4 Å². The van der Waals surface area contributed by atoms with Crippen molar-refractivity contribution in [2.75, 3.05) is 6.54 Å². The van der Waals surface area contributed by atoms with E-state index in [0.29, 0.717) is 0 Å². The molecule has 0 spiro atoms. The third-order valence-corrected chi connectivity index (χ3v) is 4.20. The summed E-state index contributed by atoms with van der Waals surface area (Å²) in [5.74, 6) is -0.328. The van der Waals surface area contributed by atoms with E-state index in [1.165, 1.54) is 0 Å². The molecule has 0 aliphatic heterocycles. The van der Waals surface area contributed by atoms with Gasteiger partial charge in [-0.1, -0.05) is 12.8 Å². The van der Waals surface area contributed by atoms with Crippen molar-refractivity contribution in [1.82, 2.24) is 4.90 Å². The molecule has 2 atom stereocenters. The summed E-state index contributed by atoms with van der Waals surface area (Å²) in [7, 11) is 0. The van der Waals surface area contributed by atoms with Crippen molar-refractivity contribution in [2.24, 2.45) is 17.4 Å². The minimum atomic E-state index is -0.419. The molecule has 2 aliphatic carbocycles. The molecule has 4 N–H and O–H groups in total. The van der Waals surface area contributed by atoms with Crippen LogP contribution in [0.1, 0.15) is 44.9 Å². The fourth-order valence-corrected chi connectivity index (χ4v) is 3.25. The molecule has 5 nitrogen and oxygen atoms in total. The Balaban J connectivity index is 2.02. The van der Waals surface area contributed by atoms with E-state index >= 15 is 0 Å². The lowest BCUT2D eigenvalue weighted by Crippen LogP contribution is -2.46. The van der Waals surface area contributed by atoms with Crippen molar-refractivity contribution in [3.05, 3.63) is 0 Å². The molecule has 0 aromatic carbocycles. The Labute approximate surface area is 108 Å². The van der Waals surface area contributed by atoms with E-state index in [-0.39, 0.29) is 30.5 Å². The Bertz CT molecular complexity index is 326. The molecule has 2 saturated carbocycles. The summed E-state index contributed by atoms with van der Waals surface area (Å²) in [6.07, 6.45) is 6.78. The maximum Gasteiger partial charge on any atom is 0.237 e. The van der Waals surface area contributed by atoms with Crippen molar-refractivity contribution in [3.63, 3.8) is 0 Å². The van der Waals surface area contributed by atoms with Gasteiger partial charge in [0.25, 0.3) is 0 Å². The lowest BCUT2D eigenvalue weighted by atomic mass is 10.0. The second kappa shape index (κ2) is 5.69. The van der Waals surface area contributed by atoms with Crippen LogP contribution in [0.5, 0.6) is 0 Å². The third kappa shape index (κ3) is 3.02. The first-order chi connectivity index (χ1) is 8.58. The number of hydrogen-bond donors (Lipinski definition) is 2. The Kier molecular flexibility index (Phi) is 4.22. The molecule has 0 radical (unpaired) electrons. The van der Waals surface area contributed by atoms with Crippen LogP contribution in [0.2, 0.25) is 0 Å². The Morgan fingerprint density at radius 1 is 1.11 bits per heavy atom. The first-order valence-corrected chi connectivity index (χ1v) is 6.92. The van der Waals surface area contributed by atoms with Gasteiger partial charge in [-0.15, -0.1) is 0 Å². The minimum absolute atomic E-state index is 0.0000463. The fourth-order valence-electron chi connectivity index (χ4n) is 3.25. The zero-order chi connectivity index (χ0) is 13.1. The fraction of sp³-hybridized carbons (Fsp3) is 0.846. The second-order valence-electron chi connectivity index (χ2n) is 5.64. The Morgan fingerprint density at radius 3 is 2.28 bits per heavy atom. The van der Waals surface area contributed by atoms with Crippen molar-refractivity contribution in [3.8, 4) is 0 Å². The highest BCUT2D eigenvalue weighted by molar-refractivity contribution is 5.85. The van der Waals surface area contributed by atoms with Crippen LogP contribution in [0.4, 0.5) is 0 Å². The van der Waals surface area contributed by atoms with E-state index in [2.05, 4.69) is 0 Å². The summed E-state index contributed by atoms with van der Waals surface area (Å²) >= 11 is 0. The molecule has 0 aromatic heterocycles. The Morgan fingerprint density at radius 2 is 1.78 bits per heavy atom. The van der Waals surface area contributed by atoms with Crippen LogP contribution in [0.3, 0.4) is 0 Å². The zero-order valence-corrected chi connectivity index (χ0v) is 10.8. The molecule has 2 rings (SSSR count). The molecule has 0 heterocycles. The van der Waals surface area contributed by atoms with Crippen LogP contribution in [-0.4, -0.2) is 35.3 Å². The van der Waals surface area contributed by atoms with Crippen LogP contribution in [-0.2, 0) is 9.59 Å². The van der Waals surface area contributed by atoms with Crippen LogP contribution in [0.25, 0.3) is 0 Å². The Hall–Kier alpha value is -1.10. The van der Waals surface area contributed by atoms with Gasteiger partial charge in [-0.2, -0.15) is 0 Å². The zero-order valence-electron chi connectivity index (χ0n) is 10.8. The van der Waals surface area contributed by atoms with E-state index in [0.717, 1.165) is 44.9 Å². The number of amides is 2. The minimum Gasteiger partial charge on any atom is -0.368 e. The van der Waals surface area contributed by atoms with E-state index in [1.807, 2.05) is 0 Å². The summed E-state index contributed by atoms with van der Waals surface area (Å²) < 4.78 is 0. The van der Waals surface area contributed by atoms with Gasteiger partial charge in [0.05, 0.1) is 6.54 Å². The SMILES string of the molecule is NC(=O)CN(C(=O)C1CCC(N)C1)C1CCCC1. The van der Waals surface area contributed by atoms with Crippen LogP contribution >= 0.6 is 0 Å². The first-order valence-electron chi connectivity index (χ1n) is 6.92. The van der Waals surface area contributed by atoms with Crippen molar-refractivity contribution >= 4 is 11.8 Å². The van der Waals surface area contributed by atoms with Gasteiger partial charge >= 0.3 is 0 Å². The maximum atomic E-state index is 12.5. The van der Waals surface area contributed by atoms with Gasteiger partial charge in [0.15, 0.2) is 0 Å². The highest BCUT2D eigenvalue weighted by atomic mass is 16.2. The molecule has 102 valence electrons. The predicted octanol–water partition coefficient (Wildman–Crippen LogP) is 0.370. The summed E-state index contributed by atoms with van der Waals surface area (Å²) in [6, 6.07) is 0.347. The largest absolute Gasteiger partial charge is 0.368 e. The number of carbonyl (C=O) groups is 2. The number of rotatable bonds is 4. The molecular weight excluding hydrogens is 230 g/mol. The number of nitrogens with zero attached hydrogens (tertiary/aromatic N) is 1. The van der Waals surface area contributed by atoms with Crippen molar-refractivity contribution in [2.45, 2.75) is 57.0 Å². The number of primary amides is 1. The second-order valence-corrected chi connectivity index (χ2v) is 5.64. The molecule has 2 fully saturated rings. The van der Waals surface area contributed by atoms with Gasteiger partial charge in [0.2, 0.25) is 11.8 Å². The van der Waals surface area contributed by atoms with E-state index < -0.39 is 5.91 Å². The van der Waals surface area contributed by atoms with E-state index in [1.54, 1.807) is 4.90 Å². The van der Waals surface area contributed by atoms with Crippen molar-refractivity contribution in [1.29, 1.82) is 0 Å². The molecule has 0 saturated heterocycles. The number of nitrogens with two attached hydrogens (primary N) is 2. The number of hydrogen-bond acceptors (Lipinski definition) is 3. The van der Waals surface area contributed by atoms with Gasteiger partial charge in [0, 0.05) is 18.0 Å². The third-order valence-electron chi connectivity index (χ3n) is 4.20. The highest BCUT2D eigenvalue weighted by Crippen LogP contribution is 2.30. The summed E-state index contributed by atoms with van der Waals surface area (Å²) in [5, 5.41) is 0. The smallest absolute Gasteiger partial charge is 0.237 e. The predicted molar refractivity (Wildman–Crippen MR) is 68.5 cm³/mol. The topological polar surface area (TPSA) is 89.4 Å². The summed E-state index contributed by atoms with van der Waals surface area (Å²) in [6.45, 7) is 0.0647. The molecular formula is C13H23N3O2. The number of carbonyl (C=O) groups excluding carboxylic acids is 2. The summed E-state index contributed by atoms with van der Waals surface area (Å²) in [5.41, 5.74) is 11.1. The molecule has 2 aliphatic rings. The first kappa shape index (κ1) is 13.3. The summed E-state index contributed by atoms with van der Waals surface area (Å²) in [4.78, 5) is 25.4. The van der Waals surface area contributed by atoms with Crippen LogP contribution in [0.15, 0.2) is 0 Å². The molecule has 18 heavy (non-hydrogen) atoms. The average Bonchev–Trinajstić information content (AvgIpc) is 2.95. The van der Waals surface area contributed by atoms with Crippen LogP contribution in [0, 0.1) is 5.92 Å². The average molecular weight is 253 g/mol. The quantitative estimate of drug-likeness (QED) is 0.758. The van der Waals surface area contributed by atoms with Gasteiger partial charge in [-0.25, -0.2) is 0 Å². The molecule has 2 amide bonds. The van der Waals surface area contributed by atoms with Crippen LogP contribution < -0.4 is 11.5 Å². The lowest BCUT2D eigenvalue weighted by Gasteiger charge is -2.30. The van der Waals surface area contributed by atoms with E-state index in [9.17, 15) is 9.59 Å². The standard InChI is InChI=1S/C13H23N3O2/c14-10-6-5-9(7-10)13(18)16(8-12(15)17)11-3-1-2-4-11/h9-11H,1-8,14H2,(H2,15,17). The lowest BCUT2D eigenvalue weighted by molar-refractivity contribution is -0.141. The maximum absolute atomic E-state index is 12.5. The monoisotopic (exact) mass is 253 g/mol. The highest BCUT2D eigenvalue weighted by Gasteiger charge is 2.35. The molecule has 2 unspecified atom stereocenters.